The molecule has 1 N–H and O–H groups in total. The van der Waals surface area contributed by atoms with Gasteiger partial charge in [-0.3, -0.25) is 9.59 Å². The van der Waals surface area contributed by atoms with Crippen LogP contribution in [0, 0.1) is 19.8 Å². The Morgan fingerprint density at radius 3 is 2.68 bits per heavy atom. The molecule has 34 heavy (non-hydrogen) atoms. The van der Waals surface area contributed by atoms with Crippen LogP contribution in [0.2, 0.25) is 0 Å². The van der Waals surface area contributed by atoms with Crippen LogP contribution < -0.4 is 10.2 Å². The highest BCUT2D eigenvalue weighted by molar-refractivity contribution is 9.10. The molecule has 1 atom stereocenters. The molecule has 2 aliphatic heterocycles. The van der Waals surface area contributed by atoms with E-state index < -0.39 is 15.9 Å². The van der Waals surface area contributed by atoms with E-state index in [0.717, 1.165) is 22.4 Å². The second-order valence-corrected chi connectivity index (χ2v) is 11.8. The van der Waals surface area contributed by atoms with Crippen LogP contribution >= 0.6 is 15.9 Å². The molecule has 2 aliphatic rings. The highest BCUT2D eigenvalue weighted by Crippen LogP contribution is 2.37. The lowest BCUT2D eigenvalue weighted by molar-refractivity contribution is -0.121. The van der Waals surface area contributed by atoms with Crippen LogP contribution in [0.5, 0.6) is 0 Å². The predicted molar refractivity (Wildman–Crippen MR) is 137 cm³/mol. The van der Waals surface area contributed by atoms with Gasteiger partial charge >= 0.3 is 0 Å². The maximum Gasteiger partial charge on any atom is 0.244 e. The van der Waals surface area contributed by atoms with E-state index in [1.54, 1.807) is 24.0 Å². The van der Waals surface area contributed by atoms with Gasteiger partial charge in [0.05, 0.1) is 10.8 Å². The normalized spacial score (nSPS) is 18.6. The number of nitrogens with zero attached hydrogens (tertiary/aromatic N) is 2. The summed E-state index contributed by atoms with van der Waals surface area (Å²) in [6.45, 7) is 6.79. The number of hydrogen-bond acceptors (Lipinski definition) is 4. The molecule has 0 spiro atoms. The number of anilines is 2. The number of aryl methyl sites for hydroxylation is 1. The molecular formula is C25H30BrN3O4S. The number of hydrogen-bond donors (Lipinski definition) is 1. The summed E-state index contributed by atoms with van der Waals surface area (Å²) in [5.74, 6) is -0.623. The van der Waals surface area contributed by atoms with Gasteiger partial charge in [-0.05, 0) is 83.9 Å². The zero-order chi connectivity index (χ0) is 24.6. The molecule has 0 aromatic heterocycles. The molecule has 182 valence electrons. The van der Waals surface area contributed by atoms with Crippen LogP contribution in [0.15, 0.2) is 39.7 Å². The fourth-order valence-corrected chi connectivity index (χ4v) is 7.26. The molecule has 0 aliphatic carbocycles. The van der Waals surface area contributed by atoms with Crippen molar-refractivity contribution in [2.45, 2.75) is 51.3 Å². The monoisotopic (exact) mass is 547 g/mol. The van der Waals surface area contributed by atoms with Gasteiger partial charge in [0.15, 0.2) is 0 Å². The van der Waals surface area contributed by atoms with Crippen molar-refractivity contribution < 1.29 is 18.0 Å². The minimum atomic E-state index is -3.86. The van der Waals surface area contributed by atoms with Gasteiger partial charge in [-0.15, -0.1) is 0 Å². The molecule has 1 saturated heterocycles. The third kappa shape index (κ3) is 4.65. The Bertz CT molecular complexity index is 1240. The van der Waals surface area contributed by atoms with Crippen LogP contribution in [-0.4, -0.2) is 44.2 Å². The molecule has 7 nitrogen and oxygen atoms in total. The zero-order valence-electron chi connectivity index (χ0n) is 19.7. The summed E-state index contributed by atoms with van der Waals surface area (Å²) in [7, 11) is -3.86. The largest absolute Gasteiger partial charge is 0.326 e. The van der Waals surface area contributed by atoms with Crippen LogP contribution in [0.25, 0.3) is 0 Å². The van der Waals surface area contributed by atoms with Crippen molar-refractivity contribution in [3.63, 3.8) is 0 Å². The van der Waals surface area contributed by atoms with E-state index in [-0.39, 0.29) is 23.3 Å². The molecule has 1 fully saturated rings. The maximum absolute atomic E-state index is 13.6. The van der Waals surface area contributed by atoms with Crippen molar-refractivity contribution in [3.8, 4) is 0 Å². The Morgan fingerprint density at radius 2 is 1.94 bits per heavy atom. The van der Waals surface area contributed by atoms with Crippen LogP contribution in [0.4, 0.5) is 11.4 Å². The maximum atomic E-state index is 13.6. The van der Waals surface area contributed by atoms with Crippen molar-refractivity contribution in [2.24, 2.45) is 5.92 Å². The summed E-state index contributed by atoms with van der Waals surface area (Å²) in [4.78, 5) is 27.2. The van der Waals surface area contributed by atoms with Gasteiger partial charge in [0, 0.05) is 41.9 Å². The number of fused-ring (bicyclic) bond motifs is 1. The molecular weight excluding hydrogens is 518 g/mol. The standard InChI is InChI=1S/C25H30BrN3O4S/c1-4-24(30)29-12-10-18-13-20(26)23(14-22(18)29)34(32,33)28-11-6-8-19(15-28)25(31)27-21-9-5-7-16(2)17(21)3/h5,7,9,13-14,19H,4,6,8,10-12,15H2,1-3H3,(H,27,31). The molecule has 2 amide bonds. The van der Waals surface area contributed by atoms with Crippen molar-refractivity contribution in [3.05, 3.63) is 51.5 Å². The molecule has 2 aromatic rings. The van der Waals surface area contributed by atoms with E-state index in [9.17, 15) is 18.0 Å². The van der Waals surface area contributed by atoms with Crippen LogP contribution in [0.3, 0.4) is 0 Å². The number of amides is 2. The lowest BCUT2D eigenvalue weighted by Crippen LogP contribution is -2.43. The lowest BCUT2D eigenvalue weighted by atomic mass is 9.98. The summed E-state index contributed by atoms with van der Waals surface area (Å²) < 4.78 is 29.2. The Hall–Kier alpha value is -2.23. The van der Waals surface area contributed by atoms with Gasteiger partial charge in [-0.1, -0.05) is 19.1 Å². The predicted octanol–water partition coefficient (Wildman–Crippen LogP) is 4.40. The first-order chi connectivity index (χ1) is 16.1. The summed E-state index contributed by atoms with van der Waals surface area (Å²) in [6, 6.07) is 9.16. The second kappa shape index (κ2) is 9.79. The molecule has 0 bridgehead atoms. The van der Waals surface area contributed by atoms with Gasteiger partial charge in [0.2, 0.25) is 21.8 Å². The first kappa shape index (κ1) is 24.9. The highest BCUT2D eigenvalue weighted by atomic mass is 79.9. The fraction of sp³-hybridized carbons (Fsp3) is 0.440. The smallest absolute Gasteiger partial charge is 0.244 e. The Kier molecular flexibility index (Phi) is 7.17. The van der Waals surface area contributed by atoms with Gasteiger partial charge in [0.1, 0.15) is 0 Å². The zero-order valence-corrected chi connectivity index (χ0v) is 22.1. The summed E-state index contributed by atoms with van der Waals surface area (Å²) >= 11 is 3.44. The van der Waals surface area contributed by atoms with E-state index in [0.29, 0.717) is 48.9 Å². The molecule has 2 aromatic carbocycles. The number of piperidine rings is 1. The van der Waals surface area contributed by atoms with E-state index in [1.807, 2.05) is 32.0 Å². The quantitative estimate of drug-likeness (QED) is 0.600. The van der Waals surface area contributed by atoms with Crippen LogP contribution in [0.1, 0.15) is 42.9 Å². The third-order valence-corrected chi connectivity index (χ3v) is 9.69. The first-order valence-electron chi connectivity index (χ1n) is 11.6. The first-order valence-corrected chi connectivity index (χ1v) is 13.9. The molecule has 0 radical (unpaired) electrons. The minimum Gasteiger partial charge on any atom is -0.326 e. The average molecular weight is 549 g/mol. The molecule has 4 rings (SSSR count). The van der Waals surface area contributed by atoms with Crippen LogP contribution in [-0.2, 0) is 26.0 Å². The number of nitrogens with one attached hydrogen (secondary N) is 1. The molecule has 1 unspecified atom stereocenters. The van der Waals surface area contributed by atoms with Gasteiger partial charge < -0.3 is 10.2 Å². The summed E-state index contributed by atoms with van der Waals surface area (Å²) in [6.07, 6.45) is 2.30. The Labute approximate surface area is 209 Å². The summed E-state index contributed by atoms with van der Waals surface area (Å²) in [5, 5.41) is 2.99. The number of sulfonamides is 1. The number of carbonyl (C=O) groups excluding carboxylic acids is 2. The Balaban J connectivity index is 1.57. The number of rotatable bonds is 5. The second-order valence-electron chi connectivity index (χ2n) is 9.00. The molecule has 9 heteroatoms. The van der Waals surface area contributed by atoms with Crippen molar-refractivity contribution in [2.75, 3.05) is 29.9 Å². The topological polar surface area (TPSA) is 86.8 Å². The third-order valence-electron chi connectivity index (χ3n) is 6.87. The molecule has 0 saturated carbocycles. The van der Waals surface area contributed by atoms with E-state index in [2.05, 4.69) is 21.2 Å². The number of halogens is 1. The molecule has 2 heterocycles. The SMILES string of the molecule is CCC(=O)N1CCc2cc(Br)c(S(=O)(=O)N3CCCC(C(=O)Nc4cccc(C)c4C)C3)cc21. The number of carbonyl (C=O) groups is 2. The Morgan fingerprint density at radius 1 is 1.18 bits per heavy atom. The summed E-state index contributed by atoms with van der Waals surface area (Å²) in [5.41, 5.74) is 4.46. The van der Waals surface area contributed by atoms with Crippen molar-refractivity contribution in [1.82, 2.24) is 4.31 Å². The highest BCUT2D eigenvalue weighted by Gasteiger charge is 2.36. The number of benzene rings is 2. The van der Waals surface area contributed by atoms with Gasteiger partial charge in [-0.25, -0.2) is 8.42 Å². The van der Waals surface area contributed by atoms with E-state index in [4.69, 9.17) is 0 Å². The minimum absolute atomic E-state index is 0.0226. The average Bonchev–Trinajstić information content (AvgIpc) is 3.23. The van der Waals surface area contributed by atoms with E-state index >= 15 is 0 Å². The van der Waals surface area contributed by atoms with E-state index in [1.165, 1.54) is 4.31 Å². The van der Waals surface area contributed by atoms with Gasteiger partial charge in [0.25, 0.3) is 0 Å². The fourth-order valence-electron chi connectivity index (χ4n) is 4.67. The lowest BCUT2D eigenvalue weighted by Gasteiger charge is -2.32. The van der Waals surface area contributed by atoms with Crippen molar-refractivity contribution in [1.29, 1.82) is 0 Å². The van der Waals surface area contributed by atoms with Gasteiger partial charge in [-0.2, -0.15) is 4.31 Å². The van der Waals surface area contributed by atoms with Crippen molar-refractivity contribution >= 4 is 49.1 Å².